The number of carbonyl (C=O) groups is 1. The molecule has 0 saturated carbocycles. The van der Waals surface area contributed by atoms with E-state index in [2.05, 4.69) is 13.0 Å². The molecule has 0 bridgehead atoms. The minimum atomic E-state index is -0.819. The van der Waals surface area contributed by atoms with Gasteiger partial charge in [0.05, 0.1) is 5.56 Å². The highest BCUT2D eigenvalue weighted by Crippen LogP contribution is 2.17. The first-order valence-electron chi connectivity index (χ1n) is 7.98. The van der Waals surface area contributed by atoms with Crippen LogP contribution in [0.1, 0.15) is 79.8 Å². The van der Waals surface area contributed by atoms with E-state index in [1.807, 2.05) is 13.0 Å². The summed E-state index contributed by atoms with van der Waals surface area (Å²) >= 11 is 0. The van der Waals surface area contributed by atoms with E-state index in [4.69, 9.17) is 5.11 Å². The van der Waals surface area contributed by atoms with Gasteiger partial charge >= 0.3 is 5.97 Å². The quantitative estimate of drug-likeness (QED) is 0.583. The highest BCUT2D eigenvalue weighted by molar-refractivity contribution is 5.89. The molecule has 0 radical (unpaired) electrons. The van der Waals surface area contributed by atoms with Gasteiger partial charge in [-0.3, -0.25) is 0 Å². The molecule has 0 amide bonds. The number of carboxylic acids is 1. The maximum atomic E-state index is 11.1. The van der Waals surface area contributed by atoms with Crippen molar-refractivity contribution in [3.05, 3.63) is 34.9 Å². The number of aryl methyl sites for hydroxylation is 1. The summed E-state index contributed by atoms with van der Waals surface area (Å²) in [6.45, 7) is 4.16. The van der Waals surface area contributed by atoms with Crippen LogP contribution in [0.3, 0.4) is 0 Å². The topological polar surface area (TPSA) is 37.3 Å². The van der Waals surface area contributed by atoms with Gasteiger partial charge in [0, 0.05) is 0 Å². The van der Waals surface area contributed by atoms with Crippen molar-refractivity contribution in [2.75, 3.05) is 0 Å². The average molecular weight is 276 g/mol. The minimum Gasteiger partial charge on any atom is -0.478 e. The fourth-order valence-corrected chi connectivity index (χ4v) is 2.64. The molecule has 0 unspecified atom stereocenters. The predicted molar refractivity (Wildman–Crippen MR) is 84.5 cm³/mol. The largest absolute Gasteiger partial charge is 0.478 e. The zero-order valence-electron chi connectivity index (χ0n) is 13.0. The molecule has 0 aromatic heterocycles. The normalized spacial score (nSPS) is 10.7. The third-order valence-electron chi connectivity index (χ3n) is 3.98. The molecule has 112 valence electrons. The van der Waals surface area contributed by atoms with Crippen molar-refractivity contribution in [1.82, 2.24) is 0 Å². The number of hydrogen-bond donors (Lipinski definition) is 1. The molecule has 1 N–H and O–H groups in total. The first-order chi connectivity index (χ1) is 9.66. The molecule has 0 aliphatic heterocycles. The second-order valence-corrected chi connectivity index (χ2v) is 5.62. The molecule has 0 fully saturated rings. The van der Waals surface area contributed by atoms with E-state index in [0.29, 0.717) is 5.56 Å². The van der Waals surface area contributed by atoms with Crippen LogP contribution in [0.15, 0.2) is 18.2 Å². The third-order valence-corrected chi connectivity index (χ3v) is 3.98. The van der Waals surface area contributed by atoms with Crippen molar-refractivity contribution in [2.45, 2.75) is 71.6 Å². The van der Waals surface area contributed by atoms with Gasteiger partial charge in [-0.25, -0.2) is 4.79 Å². The van der Waals surface area contributed by atoms with E-state index in [1.165, 1.54) is 50.5 Å². The predicted octanol–water partition coefficient (Wildman–Crippen LogP) is 5.38. The smallest absolute Gasteiger partial charge is 0.335 e. The number of unbranched alkanes of at least 4 members (excludes halogenated alkanes) is 7. The van der Waals surface area contributed by atoms with Crippen LogP contribution in [-0.2, 0) is 6.42 Å². The van der Waals surface area contributed by atoms with Crippen LogP contribution in [0.5, 0.6) is 0 Å². The fourth-order valence-electron chi connectivity index (χ4n) is 2.64. The highest BCUT2D eigenvalue weighted by Gasteiger charge is 2.09. The molecule has 1 aromatic carbocycles. The Morgan fingerprint density at radius 1 is 1.00 bits per heavy atom. The first kappa shape index (κ1) is 16.7. The number of rotatable bonds is 10. The summed E-state index contributed by atoms with van der Waals surface area (Å²) in [7, 11) is 0. The Morgan fingerprint density at radius 2 is 1.60 bits per heavy atom. The fraction of sp³-hybridized carbons (Fsp3) is 0.611. The van der Waals surface area contributed by atoms with Crippen molar-refractivity contribution in [3.63, 3.8) is 0 Å². The molecule has 2 heteroatoms. The van der Waals surface area contributed by atoms with Gasteiger partial charge in [0.25, 0.3) is 0 Å². The third kappa shape index (κ3) is 5.77. The van der Waals surface area contributed by atoms with Crippen molar-refractivity contribution < 1.29 is 9.90 Å². The van der Waals surface area contributed by atoms with Crippen LogP contribution >= 0.6 is 0 Å². The van der Waals surface area contributed by atoms with E-state index < -0.39 is 5.97 Å². The zero-order chi connectivity index (χ0) is 14.8. The molecule has 0 atom stereocenters. The molecule has 0 saturated heterocycles. The lowest BCUT2D eigenvalue weighted by molar-refractivity contribution is 0.0696. The summed E-state index contributed by atoms with van der Waals surface area (Å²) in [6.07, 6.45) is 11.5. The van der Waals surface area contributed by atoms with Crippen LogP contribution in [-0.4, -0.2) is 11.1 Å². The SMILES string of the molecule is CCCCCCCCCCc1cccc(C(=O)O)c1C. The second-order valence-electron chi connectivity index (χ2n) is 5.62. The minimum absolute atomic E-state index is 0.446. The molecule has 0 aliphatic carbocycles. The molecule has 20 heavy (non-hydrogen) atoms. The van der Waals surface area contributed by atoms with Crippen molar-refractivity contribution in [1.29, 1.82) is 0 Å². The summed E-state index contributed by atoms with van der Waals surface area (Å²) in [6, 6.07) is 5.61. The van der Waals surface area contributed by atoms with Gasteiger partial charge in [0.2, 0.25) is 0 Å². The highest BCUT2D eigenvalue weighted by atomic mass is 16.4. The second kappa shape index (κ2) is 9.57. The maximum absolute atomic E-state index is 11.1. The Hall–Kier alpha value is -1.31. The van der Waals surface area contributed by atoms with Crippen LogP contribution in [0.4, 0.5) is 0 Å². The van der Waals surface area contributed by atoms with Crippen LogP contribution in [0, 0.1) is 6.92 Å². The molecule has 1 aromatic rings. The summed E-state index contributed by atoms with van der Waals surface area (Å²) in [4.78, 5) is 11.1. The molecule has 0 heterocycles. The molecule has 0 aliphatic rings. The summed E-state index contributed by atoms with van der Waals surface area (Å²) in [5, 5.41) is 9.10. The lowest BCUT2D eigenvalue weighted by atomic mass is 9.97. The Labute approximate surface area is 123 Å². The number of aromatic carboxylic acids is 1. The van der Waals surface area contributed by atoms with Gasteiger partial charge in [-0.2, -0.15) is 0 Å². The lowest BCUT2D eigenvalue weighted by Gasteiger charge is -2.08. The average Bonchev–Trinajstić information content (AvgIpc) is 2.43. The van der Waals surface area contributed by atoms with E-state index in [9.17, 15) is 4.79 Å². The standard InChI is InChI=1S/C18H28O2/c1-3-4-5-6-7-8-9-10-12-16-13-11-14-17(15(16)2)18(19)20/h11,13-14H,3-10,12H2,1-2H3,(H,19,20). The lowest BCUT2D eigenvalue weighted by Crippen LogP contribution is -2.02. The van der Waals surface area contributed by atoms with Gasteiger partial charge in [0.1, 0.15) is 0 Å². The van der Waals surface area contributed by atoms with Crippen molar-refractivity contribution >= 4 is 5.97 Å². The first-order valence-corrected chi connectivity index (χ1v) is 7.98. The summed E-state index contributed by atoms with van der Waals surface area (Å²) < 4.78 is 0. The van der Waals surface area contributed by atoms with Crippen molar-refractivity contribution in [3.8, 4) is 0 Å². The van der Waals surface area contributed by atoms with Gasteiger partial charge in [0.15, 0.2) is 0 Å². The molecule has 1 rings (SSSR count). The number of benzene rings is 1. The summed E-state index contributed by atoms with van der Waals surface area (Å²) in [5.74, 6) is -0.819. The van der Waals surface area contributed by atoms with E-state index in [1.54, 1.807) is 6.07 Å². The van der Waals surface area contributed by atoms with E-state index in [-0.39, 0.29) is 0 Å². The van der Waals surface area contributed by atoms with Crippen molar-refractivity contribution in [2.24, 2.45) is 0 Å². The Kier molecular flexibility index (Phi) is 8.01. The van der Waals surface area contributed by atoms with Gasteiger partial charge in [-0.15, -0.1) is 0 Å². The summed E-state index contributed by atoms with van der Waals surface area (Å²) in [5.41, 5.74) is 2.57. The molecular formula is C18H28O2. The van der Waals surface area contributed by atoms with E-state index in [0.717, 1.165) is 18.4 Å². The van der Waals surface area contributed by atoms with Crippen LogP contribution < -0.4 is 0 Å². The van der Waals surface area contributed by atoms with Gasteiger partial charge in [-0.1, -0.05) is 64.0 Å². The Morgan fingerprint density at radius 3 is 2.20 bits per heavy atom. The zero-order valence-corrected chi connectivity index (χ0v) is 13.0. The number of carboxylic acid groups (broad SMARTS) is 1. The molecule has 0 spiro atoms. The number of hydrogen-bond acceptors (Lipinski definition) is 1. The monoisotopic (exact) mass is 276 g/mol. The molecule has 2 nitrogen and oxygen atoms in total. The maximum Gasteiger partial charge on any atom is 0.335 e. The van der Waals surface area contributed by atoms with Crippen LogP contribution in [0.25, 0.3) is 0 Å². The van der Waals surface area contributed by atoms with Crippen LogP contribution in [0.2, 0.25) is 0 Å². The van der Waals surface area contributed by atoms with Gasteiger partial charge in [-0.05, 0) is 37.0 Å². The van der Waals surface area contributed by atoms with E-state index >= 15 is 0 Å². The molecular weight excluding hydrogens is 248 g/mol. The Bertz CT molecular complexity index is 410. The van der Waals surface area contributed by atoms with Gasteiger partial charge < -0.3 is 5.11 Å². The Balaban J connectivity index is 2.25.